The molecule has 0 unspecified atom stereocenters. The Hall–Kier alpha value is -0.690. The first-order valence-electron chi connectivity index (χ1n) is 7.78. The lowest BCUT2D eigenvalue weighted by Crippen LogP contribution is -2.53. The standard InChI is InChI=1S/C15H27NO5/c1-9(2)15(20,10(3)17)14(19)21-8-11-4-6-16-7-5-12(18)13(11)16/h9-13,17-18,20H,4-8H2,1-3H3/t10-,11-,12+,13-,15-/m0/s1. The van der Waals surface area contributed by atoms with E-state index < -0.39 is 23.6 Å². The number of aliphatic hydroxyl groups excluding tert-OH is 2. The molecule has 2 heterocycles. The van der Waals surface area contributed by atoms with Crippen LogP contribution in [0.3, 0.4) is 0 Å². The van der Waals surface area contributed by atoms with Crippen molar-refractivity contribution in [3.63, 3.8) is 0 Å². The monoisotopic (exact) mass is 301 g/mol. The molecule has 6 nitrogen and oxygen atoms in total. The minimum atomic E-state index is -1.88. The molecule has 0 saturated carbocycles. The maximum Gasteiger partial charge on any atom is 0.341 e. The summed E-state index contributed by atoms with van der Waals surface area (Å²) in [7, 11) is 0. The molecule has 6 heteroatoms. The lowest BCUT2D eigenvalue weighted by atomic mass is 9.85. The molecule has 21 heavy (non-hydrogen) atoms. The first kappa shape index (κ1) is 16.7. The van der Waals surface area contributed by atoms with Gasteiger partial charge in [0.15, 0.2) is 5.60 Å². The Balaban J connectivity index is 1.95. The summed E-state index contributed by atoms with van der Waals surface area (Å²) < 4.78 is 5.28. The quantitative estimate of drug-likeness (QED) is 0.607. The number of ether oxygens (including phenoxy) is 1. The van der Waals surface area contributed by atoms with Gasteiger partial charge in [-0.3, -0.25) is 4.90 Å². The Labute approximate surface area is 125 Å². The van der Waals surface area contributed by atoms with Gasteiger partial charge in [-0.1, -0.05) is 13.8 Å². The van der Waals surface area contributed by atoms with Crippen molar-refractivity contribution < 1.29 is 24.9 Å². The van der Waals surface area contributed by atoms with Gasteiger partial charge in [0.05, 0.1) is 18.8 Å². The third-order valence-corrected chi connectivity index (χ3v) is 5.07. The zero-order chi connectivity index (χ0) is 15.8. The van der Waals surface area contributed by atoms with Gasteiger partial charge in [-0.25, -0.2) is 4.79 Å². The van der Waals surface area contributed by atoms with Crippen molar-refractivity contribution in [2.24, 2.45) is 11.8 Å². The Bertz CT molecular complexity index is 376. The molecule has 0 aromatic rings. The molecule has 0 amide bonds. The average molecular weight is 301 g/mol. The average Bonchev–Trinajstić information content (AvgIpc) is 2.98. The van der Waals surface area contributed by atoms with E-state index in [2.05, 4.69) is 4.90 Å². The minimum absolute atomic E-state index is 0.0523. The second-order valence-electron chi connectivity index (χ2n) is 6.69. The summed E-state index contributed by atoms with van der Waals surface area (Å²) >= 11 is 0. The van der Waals surface area contributed by atoms with Crippen LogP contribution in [0.5, 0.6) is 0 Å². The molecule has 0 aromatic heterocycles. The van der Waals surface area contributed by atoms with Gasteiger partial charge in [0.2, 0.25) is 0 Å². The molecule has 2 aliphatic heterocycles. The van der Waals surface area contributed by atoms with Gasteiger partial charge in [0.25, 0.3) is 0 Å². The van der Waals surface area contributed by atoms with Gasteiger partial charge in [0.1, 0.15) is 0 Å². The van der Waals surface area contributed by atoms with Gasteiger partial charge in [-0.15, -0.1) is 0 Å². The molecular formula is C15H27NO5. The van der Waals surface area contributed by atoms with Gasteiger partial charge < -0.3 is 20.1 Å². The zero-order valence-corrected chi connectivity index (χ0v) is 13.0. The van der Waals surface area contributed by atoms with Crippen LogP contribution in [0.2, 0.25) is 0 Å². The topological polar surface area (TPSA) is 90.2 Å². The van der Waals surface area contributed by atoms with E-state index in [4.69, 9.17) is 4.74 Å². The molecule has 0 aliphatic carbocycles. The first-order valence-corrected chi connectivity index (χ1v) is 7.78. The van der Waals surface area contributed by atoms with Crippen LogP contribution in [0, 0.1) is 11.8 Å². The molecule has 2 rings (SSSR count). The second kappa shape index (κ2) is 6.20. The highest BCUT2D eigenvalue weighted by molar-refractivity contribution is 5.80. The number of nitrogens with zero attached hydrogens (tertiary/aromatic N) is 1. The molecule has 2 saturated heterocycles. The molecule has 0 radical (unpaired) electrons. The van der Waals surface area contributed by atoms with E-state index in [1.807, 2.05) is 0 Å². The molecule has 5 atom stereocenters. The smallest absolute Gasteiger partial charge is 0.341 e. The van der Waals surface area contributed by atoms with Crippen molar-refractivity contribution in [1.82, 2.24) is 4.90 Å². The van der Waals surface area contributed by atoms with E-state index >= 15 is 0 Å². The Morgan fingerprint density at radius 1 is 1.33 bits per heavy atom. The Kier molecular flexibility index (Phi) is 4.92. The van der Waals surface area contributed by atoms with Gasteiger partial charge in [0, 0.05) is 18.5 Å². The maximum absolute atomic E-state index is 12.2. The van der Waals surface area contributed by atoms with Crippen LogP contribution in [-0.4, -0.2) is 69.7 Å². The van der Waals surface area contributed by atoms with Crippen molar-refractivity contribution in [1.29, 1.82) is 0 Å². The van der Waals surface area contributed by atoms with Crippen LogP contribution >= 0.6 is 0 Å². The fourth-order valence-electron chi connectivity index (χ4n) is 3.61. The van der Waals surface area contributed by atoms with Crippen LogP contribution in [0.25, 0.3) is 0 Å². The van der Waals surface area contributed by atoms with Crippen LogP contribution < -0.4 is 0 Å². The van der Waals surface area contributed by atoms with Crippen molar-refractivity contribution in [2.45, 2.75) is 57.5 Å². The third kappa shape index (κ3) is 2.95. The van der Waals surface area contributed by atoms with Crippen LogP contribution in [-0.2, 0) is 9.53 Å². The lowest BCUT2D eigenvalue weighted by molar-refractivity contribution is -0.186. The number of esters is 1. The summed E-state index contributed by atoms with van der Waals surface area (Å²) in [4.78, 5) is 14.4. The van der Waals surface area contributed by atoms with Crippen molar-refractivity contribution in [3.05, 3.63) is 0 Å². The third-order valence-electron chi connectivity index (χ3n) is 5.07. The van der Waals surface area contributed by atoms with E-state index in [1.54, 1.807) is 13.8 Å². The predicted octanol–water partition coefficient (Wildman–Crippen LogP) is -0.247. The zero-order valence-electron chi connectivity index (χ0n) is 13.0. The number of fused-ring (bicyclic) bond motifs is 1. The summed E-state index contributed by atoms with van der Waals surface area (Å²) in [6.07, 6.45) is 0.0850. The molecule has 0 spiro atoms. The second-order valence-corrected chi connectivity index (χ2v) is 6.69. The van der Waals surface area contributed by atoms with Crippen molar-refractivity contribution in [3.8, 4) is 0 Å². The molecule has 0 aromatic carbocycles. The van der Waals surface area contributed by atoms with E-state index in [0.29, 0.717) is 0 Å². The minimum Gasteiger partial charge on any atom is -0.463 e. The number of rotatable bonds is 5. The summed E-state index contributed by atoms with van der Waals surface area (Å²) in [5.74, 6) is -1.13. The summed E-state index contributed by atoms with van der Waals surface area (Å²) in [5.41, 5.74) is -1.88. The van der Waals surface area contributed by atoms with E-state index in [1.165, 1.54) is 6.92 Å². The fraction of sp³-hybridized carbons (Fsp3) is 0.933. The molecule has 2 fully saturated rings. The van der Waals surface area contributed by atoms with Gasteiger partial charge in [-0.2, -0.15) is 0 Å². The fourth-order valence-corrected chi connectivity index (χ4v) is 3.61. The normalized spacial score (nSPS) is 33.8. The van der Waals surface area contributed by atoms with E-state index in [9.17, 15) is 20.1 Å². The van der Waals surface area contributed by atoms with Gasteiger partial charge in [-0.05, 0) is 32.2 Å². The SMILES string of the molecule is CC(C)[C@@](O)(C(=O)OC[C@@H]1CCN2CC[C@@H](O)[C@H]12)[C@H](C)O. The summed E-state index contributed by atoms with van der Waals surface area (Å²) in [5, 5.41) is 30.1. The lowest BCUT2D eigenvalue weighted by Gasteiger charge is -2.33. The number of aliphatic hydroxyl groups is 3. The summed E-state index contributed by atoms with van der Waals surface area (Å²) in [6.45, 7) is 6.71. The molecule has 2 aliphatic rings. The number of carbonyl (C=O) groups is 1. The first-order chi connectivity index (χ1) is 9.78. The Morgan fingerprint density at radius 3 is 2.52 bits per heavy atom. The van der Waals surface area contributed by atoms with E-state index in [0.717, 1.165) is 25.9 Å². The summed E-state index contributed by atoms with van der Waals surface area (Å²) in [6, 6.07) is 0.0523. The number of hydrogen-bond donors (Lipinski definition) is 3. The molecular weight excluding hydrogens is 274 g/mol. The molecule has 3 N–H and O–H groups in total. The predicted molar refractivity (Wildman–Crippen MR) is 76.5 cm³/mol. The van der Waals surface area contributed by atoms with Crippen molar-refractivity contribution >= 4 is 5.97 Å². The van der Waals surface area contributed by atoms with Crippen LogP contribution in [0.1, 0.15) is 33.6 Å². The molecule has 0 bridgehead atoms. The van der Waals surface area contributed by atoms with Crippen LogP contribution in [0.15, 0.2) is 0 Å². The van der Waals surface area contributed by atoms with E-state index in [-0.39, 0.29) is 24.7 Å². The van der Waals surface area contributed by atoms with Gasteiger partial charge >= 0.3 is 5.97 Å². The van der Waals surface area contributed by atoms with Crippen LogP contribution in [0.4, 0.5) is 0 Å². The largest absolute Gasteiger partial charge is 0.463 e. The van der Waals surface area contributed by atoms with Crippen molar-refractivity contribution in [2.75, 3.05) is 19.7 Å². The maximum atomic E-state index is 12.2. The highest BCUT2D eigenvalue weighted by atomic mass is 16.6. The number of hydrogen-bond acceptors (Lipinski definition) is 6. The Morgan fingerprint density at radius 2 is 1.95 bits per heavy atom. The number of carbonyl (C=O) groups excluding carboxylic acids is 1. The molecule has 122 valence electrons. The highest BCUT2D eigenvalue weighted by Crippen LogP contribution is 2.33. The highest BCUT2D eigenvalue weighted by Gasteiger charge is 2.47.